The molecule has 0 bridgehead atoms. The molecule has 0 saturated carbocycles. The van der Waals surface area contributed by atoms with Gasteiger partial charge in [0, 0.05) is 73.0 Å². The Bertz CT molecular complexity index is 1960. The number of benzene rings is 1. The lowest BCUT2D eigenvalue weighted by Gasteiger charge is -2.41. The number of nitrogens with one attached hydrogen (secondary N) is 1. The molecule has 0 radical (unpaired) electrons. The number of likely N-dealkylation sites (N-methyl/N-ethyl adjacent to an activating group) is 2. The highest BCUT2D eigenvalue weighted by atomic mass is 32.2. The van der Waals surface area contributed by atoms with Crippen molar-refractivity contribution in [1.29, 1.82) is 0 Å². The van der Waals surface area contributed by atoms with E-state index in [1.54, 1.807) is 42.6 Å². The van der Waals surface area contributed by atoms with Gasteiger partial charge in [0.2, 0.25) is 35.4 Å². The van der Waals surface area contributed by atoms with Crippen molar-refractivity contribution >= 4 is 59.0 Å². The summed E-state index contributed by atoms with van der Waals surface area (Å²) in [7, 11) is 6.35. The average molecular weight is 1030 g/mol. The van der Waals surface area contributed by atoms with Crippen molar-refractivity contribution in [3.63, 3.8) is 0 Å². The van der Waals surface area contributed by atoms with Crippen LogP contribution in [0.5, 0.6) is 0 Å². The number of aryl methyl sites for hydroxylation is 1. The first-order valence-corrected chi connectivity index (χ1v) is 27.5. The number of hydrogen-bond donors (Lipinski definition) is 2. The largest absolute Gasteiger partial charge is 0.480 e. The summed E-state index contributed by atoms with van der Waals surface area (Å²) < 4.78 is 12.0. The summed E-state index contributed by atoms with van der Waals surface area (Å²) in [5.41, 5.74) is 1.81. The predicted molar refractivity (Wildman–Crippen MR) is 281 cm³/mol. The molecule has 0 spiro atoms. The second kappa shape index (κ2) is 30.1. The zero-order valence-corrected chi connectivity index (χ0v) is 46.6. The lowest BCUT2D eigenvalue weighted by molar-refractivity contribution is -0.150. The van der Waals surface area contributed by atoms with Crippen LogP contribution >= 0.6 is 11.8 Å². The maximum Gasteiger partial charge on any atom is 0.326 e. The zero-order chi connectivity index (χ0) is 54.0. The van der Waals surface area contributed by atoms with Crippen LogP contribution in [0.4, 0.5) is 0 Å². The molecule has 2 N–H and O–H groups in total. The Morgan fingerprint density at radius 3 is 2.11 bits per heavy atom. The minimum atomic E-state index is -1.16. The number of hydrogen-bond acceptors (Lipinski definition) is 11. The summed E-state index contributed by atoms with van der Waals surface area (Å²) in [6, 6.07) is 4.53. The van der Waals surface area contributed by atoms with E-state index in [1.807, 2.05) is 72.7 Å². The van der Waals surface area contributed by atoms with Crippen molar-refractivity contribution in [2.45, 2.75) is 187 Å². The molecule has 16 nitrogen and oxygen atoms in total. The molecule has 1 unspecified atom stereocenters. The second-order valence-corrected chi connectivity index (χ2v) is 22.3. The lowest BCUT2D eigenvalue weighted by Crippen LogP contribution is -2.55. The molecular weight excluding hydrogens is 939 g/mol. The summed E-state index contributed by atoms with van der Waals surface area (Å²) in [5, 5.41) is 12.4. The normalized spacial score (nSPS) is 19.4. The number of carbonyl (C=O) groups excluding carboxylic acids is 7. The Morgan fingerprint density at radius 2 is 1.54 bits per heavy atom. The SMILES string of the molecule is CCCCSC1CC(=O)N(CCCCCC(=O)N(C)[C@H](C(=O)C[C@H](C(=O)N(C)[C@@H]([C@@H](C)CC)[C@@H](CC(=O)N2CCC[C@H]2[C@H](OC)[C@@H](C)C(=O)N[C@@H](Cc2ccc(C)cc2)C(=O)O)OC)C(C)C)C(C)C)C1=O. The second-order valence-electron chi connectivity index (χ2n) is 21.0. The maximum absolute atomic E-state index is 14.7. The smallest absolute Gasteiger partial charge is 0.326 e. The first-order valence-electron chi connectivity index (χ1n) is 26.5. The molecule has 1 aromatic rings. The molecule has 1 aromatic carbocycles. The monoisotopic (exact) mass is 1030 g/mol. The van der Waals surface area contributed by atoms with Crippen molar-refractivity contribution in [2.24, 2.45) is 29.6 Å². The van der Waals surface area contributed by atoms with Crippen molar-refractivity contribution in [3.05, 3.63) is 35.4 Å². The number of nitrogens with zero attached hydrogens (tertiary/aromatic N) is 4. The molecule has 406 valence electrons. The van der Waals surface area contributed by atoms with E-state index in [9.17, 15) is 43.5 Å². The third kappa shape index (κ3) is 17.1. The summed E-state index contributed by atoms with van der Waals surface area (Å²) >= 11 is 1.55. The maximum atomic E-state index is 14.7. The topological polar surface area (TPSA) is 200 Å². The number of aliphatic carboxylic acids is 1. The van der Waals surface area contributed by atoms with Crippen LogP contribution < -0.4 is 5.32 Å². The van der Waals surface area contributed by atoms with Gasteiger partial charge in [-0.1, -0.05) is 104 Å². The minimum Gasteiger partial charge on any atom is -0.480 e. The van der Waals surface area contributed by atoms with Gasteiger partial charge in [-0.25, -0.2) is 4.79 Å². The van der Waals surface area contributed by atoms with E-state index in [2.05, 4.69) is 12.2 Å². The van der Waals surface area contributed by atoms with Crippen molar-refractivity contribution in [2.75, 3.05) is 47.2 Å². The van der Waals surface area contributed by atoms with Crippen LogP contribution in [0, 0.1) is 36.5 Å². The average Bonchev–Trinajstić information content (AvgIpc) is 3.93. The van der Waals surface area contributed by atoms with Gasteiger partial charge in [0.15, 0.2) is 5.78 Å². The summed E-state index contributed by atoms with van der Waals surface area (Å²) in [6.45, 7) is 18.1. The van der Waals surface area contributed by atoms with E-state index in [4.69, 9.17) is 9.47 Å². The summed E-state index contributed by atoms with van der Waals surface area (Å²) in [6.07, 6.45) is 4.68. The fraction of sp³-hybridized carbons (Fsp3) is 0.745. The predicted octanol–water partition coefficient (Wildman–Crippen LogP) is 6.96. The van der Waals surface area contributed by atoms with E-state index >= 15 is 0 Å². The number of thioether (sulfide) groups is 1. The van der Waals surface area contributed by atoms with Gasteiger partial charge in [-0.15, -0.1) is 11.8 Å². The molecule has 72 heavy (non-hydrogen) atoms. The molecule has 17 heteroatoms. The van der Waals surface area contributed by atoms with Gasteiger partial charge in [-0.2, -0.15) is 0 Å². The van der Waals surface area contributed by atoms with Gasteiger partial charge in [0.1, 0.15) is 6.04 Å². The molecule has 3 rings (SSSR count). The highest BCUT2D eigenvalue weighted by molar-refractivity contribution is 8.00. The van der Waals surface area contributed by atoms with E-state index in [0.29, 0.717) is 51.6 Å². The van der Waals surface area contributed by atoms with Crippen molar-refractivity contribution < 1.29 is 52.9 Å². The number of carboxylic acid groups (broad SMARTS) is 1. The number of unbranched alkanes of at least 4 members (excludes halogenated alkanes) is 3. The van der Waals surface area contributed by atoms with Gasteiger partial charge < -0.3 is 34.6 Å². The Balaban J connectivity index is 1.68. The third-order valence-corrected chi connectivity index (χ3v) is 16.3. The molecule has 2 aliphatic rings. The Kier molecular flexibility index (Phi) is 25.9. The fourth-order valence-corrected chi connectivity index (χ4v) is 11.7. The molecular formula is C55H89N5O11S. The molecule has 2 fully saturated rings. The van der Waals surface area contributed by atoms with Crippen LogP contribution in [0.2, 0.25) is 0 Å². The molecule has 0 aliphatic carbocycles. The quantitative estimate of drug-likeness (QED) is 0.0556. The molecule has 2 heterocycles. The number of rotatable bonds is 32. The highest BCUT2D eigenvalue weighted by Crippen LogP contribution is 2.32. The van der Waals surface area contributed by atoms with Crippen LogP contribution in [0.25, 0.3) is 0 Å². The highest BCUT2D eigenvalue weighted by Gasteiger charge is 2.44. The number of amides is 6. The minimum absolute atomic E-state index is 0.0604. The number of imide groups is 1. The number of likely N-dealkylation sites (tertiary alicyclic amines) is 2. The van der Waals surface area contributed by atoms with Crippen LogP contribution in [-0.2, 0) is 54.3 Å². The number of ketones is 1. The Morgan fingerprint density at radius 1 is 0.875 bits per heavy atom. The van der Waals surface area contributed by atoms with E-state index in [-0.39, 0.29) is 90.4 Å². The number of ether oxygens (including phenoxy) is 2. The molecule has 6 amide bonds. The molecule has 10 atom stereocenters. The summed E-state index contributed by atoms with van der Waals surface area (Å²) in [4.78, 5) is 115. The van der Waals surface area contributed by atoms with Crippen molar-refractivity contribution in [3.8, 4) is 0 Å². The Hall–Kier alpha value is -4.35. The molecule has 2 saturated heterocycles. The molecule has 0 aromatic heterocycles. The standard InChI is InChI=1S/C55H89N5O11S/c1-14-16-29-72-45-33-48(64)60(54(45)67)27-19-17-18-22-46(62)57(10)49(35(5)6)43(61)31-40(34(3)4)53(66)58(11)50(37(8)15-2)44(70-12)32-47(63)59-28-20-21-42(59)51(71-13)38(9)52(65)56-41(55(68)69)30-39-25-23-36(7)24-26-39/h23-26,34-35,37-38,40-42,44-45,49-51H,14-22,27-33H2,1-13H3,(H,56,65)(H,68,69)/t37-,38+,40-,41-,42-,44+,45?,49-,50-,51+/m0/s1. The van der Waals surface area contributed by atoms with Gasteiger partial charge in [0.05, 0.1) is 47.9 Å². The van der Waals surface area contributed by atoms with Crippen molar-refractivity contribution in [1.82, 2.24) is 24.9 Å². The lowest BCUT2D eigenvalue weighted by atomic mass is 9.83. The number of carbonyl (C=O) groups is 8. The Labute approximate surface area is 434 Å². The first-order chi connectivity index (χ1) is 34.0. The third-order valence-electron chi connectivity index (χ3n) is 15.0. The molecule has 2 aliphatic heterocycles. The van der Waals surface area contributed by atoms with E-state index < -0.39 is 60.1 Å². The van der Waals surface area contributed by atoms with Gasteiger partial charge in [-0.3, -0.25) is 38.5 Å². The van der Waals surface area contributed by atoms with Crippen LogP contribution in [0.15, 0.2) is 24.3 Å². The number of methoxy groups -OCH3 is 2. The van der Waals surface area contributed by atoms with E-state index in [0.717, 1.165) is 29.7 Å². The van der Waals surface area contributed by atoms with Crippen LogP contribution in [-0.4, -0.2) is 161 Å². The van der Waals surface area contributed by atoms with Gasteiger partial charge in [0.25, 0.3) is 0 Å². The number of Topliss-reactive ketones (excluding diaryl/α,β-unsaturated/α-hetero) is 1. The van der Waals surface area contributed by atoms with E-state index in [1.165, 1.54) is 24.0 Å². The van der Waals surface area contributed by atoms with Crippen LogP contribution in [0.1, 0.15) is 144 Å². The number of carboxylic acids is 1. The zero-order valence-electron chi connectivity index (χ0n) is 45.8. The van der Waals surface area contributed by atoms with Gasteiger partial charge in [-0.05, 0) is 68.1 Å². The fourth-order valence-electron chi connectivity index (χ4n) is 10.5. The first kappa shape index (κ1) is 61.9. The van der Waals surface area contributed by atoms with Crippen LogP contribution in [0.3, 0.4) is 0 Å². The van der Waals surface area contributed by atoms with Gasteiger partial charge >= 0.3 is 5.97 Å². The summed E-state index contributed by atoms with van der Waals surface area (Å²) in [5.74, 6) is -4.01.